The molecule has 1 fully saturated rings. The van der Waals surface area contributed by atoms with Gasteiger partial charge in [-0.05, 0) is 43.0 Å². The lowest BCUT2D eigenvalue weighted by Gasteiger charge is -2.36. The van der Waals surface area contributed by atoms with Crippen molar-refractivity contribution in [2.45, 2.75) is 45.6 Å². The number of urea groups is 1. The minimum atomic E-state index is -0.00469. The maximum Gasteiger partial charge on any atom is 0.324 e. The van der Waals surface area contributed by atoms with E-state index in [0.717, 1.165) is 61.0 Å². The second kappa shape index (κ2) is 12.7. The molecule has 3 rings (SSSR count). The van der Waals surface area contributed by atoms with Gasteiger partial charge in [-0.25, -0.2) is 4.79 Å². The summed E-state index contributed by atoms with van der Waals surface area (Å²) >= 11 is 3.49. The summed E-state index contributed by atoms with van der Waals surface area (Å²) in [5.41, 5.74) is 3.06. The van der Waals surface area contributed by atoms with Crippen LogP contribution in [0.2, 0.25) is 0 Å². The van der Waals surface area contributed by atoms with E-state index >= 15 is 0 Å². The Bertz CT molecular complexity index is 921. The highest BCUT2D eigenvalue weighted by atomic mass is 79.9. The van der Waals surface area contributed by atoms with E-state index in [-0.39, 0.29) is 6.03 Å². The van der Waals surface area contributed by atoms with Crippen LogP contribution in [-0.2, 0) is 13.0 Å². The van der Waals surface area contributed by atoms with Crippen molar-refractivity contribution in [2.75, 3.05) is 44.1 Å². The fourth-order valence-corrected chi connectivity index (χ4v) is 4.50. The number of benzene rings is 2. The van der Waals surface area contributed by atoms with Crippen LogP contribution in [0.3, 0.4) is 0 Å². The van der Waals surface area contributed by atoms with E-state index in [9.17, 15) is 4.79 Å². The Morgan fingerprint density at radius 2 is 1.79 bits per heavy atom. The topological polar surface area (TPSA) is 51.2 Å². The smallest absolute Gasteiger partial charge is 0.324 e. The molecule has 6 nitrogen and oxygen atoms in total. The molecular formula is C26H35BrN2O4. The van der Waals surface area contributed by atoms with Gasteiger partial charge in [0.05, 0.1) is 27.4 Å². The zero-order valence-electron chi connectivity index (χ0n) is 19.9. The maximum absolute atomic E-state index is 13.4. The van der Waals surface area contributed by atoms with Crippen LogP contribution >= 0.6 is 15.9 Å². The van der Waals surface area contributed by atoms with Crippen LogP contribution in [0.25, 0.3) is 0 Å². The van der Waals surface area contributed by atoms with Crippen molar-refractivity contribution in [3.8, 4) is 17.2 Å². The van der Waals surface area contributed by atoms with Gasteiger partial charge in [0.2, 0.25) is 0 Å². The number of halogens is 1. The molecule has 0 radical (unpaired) electrons. The van der Waals surface area contributed by atoms with Crippen molar-refractivity contribution < 1.29 is 19.0 Å². The highest BCUT2D eigenvalue weighted by Crippen LogP contribution is 2.34. The Morgan fingerprint density at radius 1 is 0.970 bits per heavy atom. The van der Waals surface area contributed by atoms with Crippen LogP contribution < -0.4 is 19.1 Å². The van der Waals surface area contributed by atoms with Crippen LogP contribution in [0.1, 0.15) is 43.7 Å². The zero-order valence-corrected chi connectivity index (χ0v) is 21.5. The molecule has 1 aliphatic rings. The first-order valence-electron chi connectivity index (χ1n) is 11.7. The van der Waals surface area contributed by atoms with Crippen molar-refractivity contribution >= 4 is 27.6 Å². The summed E-state index contributed by atoms with van der Waals surface area (Å²) in [6, 6.07) is 12.0. The number of carbonyl (C=O) groups is 1. The van der Waals surface area contributed by atoms with Crippen LogP contribution in [-0.4, -0.2) is 50.2 Å². The van der Waals surface area contributed by atoms with Crippen LogP contribution in [0, 0.1) is 0 Å². The van der Waals surface area contributed by atoms with Gasteiger partial charge < -0.3 is 19.1 Å². The van der Waals surface area contributed by atoms with Crippen molar-refractivity contribution in [3.63, 3.8) is 0 Å². The van der Waals surface area contributed by atoms with Gasteiger partial charge in [0.15, 0.2) is 11.5 Å². The van der Waals surface area contributed by atoms with E-state index in [4.69, 9.17) is 14.2 Å². The predicted octanol–water partition coefficient (Wildman–Crippen LogP) is 6.04. The number of rotatable bonds is 12. The second-order valence-corrected chi connectivity index (χ2v) is 8.98. The molecule has 0 saturated carbocycles. The summed E-state index contributed by atoms with van der Waals surface area (Å²) in [5.74, 6) is 2.19. The Morgan fingerprint density at radius 3 is 2.52 bits per heavy atom. The molecule has 1 heterocycles. The number of carbonyl (C=O) groups excluding carboxylic acids is 1. The molecule has 0 spiro atoms. The minimum Gasteiger partial charge on any atom is -0.496 e. The molecule has 0 bridgehead atoms. The van der Waals surface area contributed by atoms with Gasteiger partial charge >= 0.3 is 6.03 Å². The molecule has 1 saturated heterocycles. The molecule has 33 heavy (non-hydrogen) atoms. The predicted molar refractivity (Wildman–Crippen MR) is 136 cm³/mol. The Hall–Kier alpha value is -2.41. The molecule has 2 aromatic carbocycles. The number of ether oxygens (including phenoxy) is 3. The minimum absolute atomic E-state index is 0.00469. The first-order chi connectivity index (χ1) is 16.1. The monoisotopic (exact) mass is 518 g/mol. The lowest BCUT2D eigenvalue weighted by atomic mass is 10.1. The lowest BCUT2D eigenvalue weighted by Crippen LogP contribution is -2.49. The number of unbranched alkanes of at least 4 members (excludes halogenated alkanes) is 2. The number of hydrogen-bond acceptors (Lipinski definition) is 4. The Balaban J connectivity index is 1.75. The van der Waals surface area contributed by atoms with E-state index in [1.165, 1.54) is 5.56 Å². The largest absolute Gasteiger partial charge is 0.496 e. The van der Waals surface area contributed by atoms with Crippen molar-refractivity contribution in [1.29, 1.82) is 0 Å². The van der Waals surface area contributed by atoms with Gasteiger partial charge in [-0.15, -0.1) is 0 Å². The third-order valence-corrected chi connectivity index (χ3v) is 6.27. The fourth-order valence-electron chi connectivity index (χ4n) is 4.04. The molecule has 0 aliphatic carbocycles. The van der Waals surface area contributed by atoms with E-state index < -0.39 is 0 Å². The highest BCUT2D eigenvalue weighted by molar-refractivity contribution is 9.09. The van der Waals surface area contributed by atoms with Crippen LogP contribution in [0.4, 0.5) is 10.5 Å². The summed E-state index contributed by atoms with van der Waals surface area (Å²) in [7, 11) is 3.32. The highest BCUT2D eigenvalue weighted by Gasteiger charge is 2.28. The molecule has 0 unspecified atom stereocenters. The van der Waals surface area contributed by atoms with Gasteiger partial charge in [-0.2, -0.15) is 0 Å². The Labute approximate surface area is 205 Å². The number of hydrogen-bond donors (Lipinski definition) is 0. The number of aryl methyl sites for hydroxylation is 1. The summed E-state index contributed by atoms with van der Waals surface area (Å²) < 4.78 is 17.1. The number of alkyl halides is 1. The van der Waals surface area contributed by atoms with Crippen LogP contribution in [0.5, 0.6) is 17.2 Å². The van der Waals surface area contributed by atoms with E-state index in [2.05, 4.69) is 41.1 Å². The maximum atomic E-state index is 13.4. The zero-order chi connectivity index (χ0) is 23.6. The molecule has 0 N–H and O–H groups in total. The van der Waals surface area contributed by atoms with E-state index in [1.54, 1.807) is 14.2 Å². The van der Waals surface area contributed by atoms with Crippen molar-refractivity contribution in [2.24, 2.45) is 0 Å². The summed E-state index contributed by atoms with van der Waals surface area (Å²) in [5, 5.41) is 0.904. The molecule has 7 heteroatoms. The molecular weight excluding hydrogens is 484 g/mol. The third kappa shape index (κ3) is 6.56. The molecule has 180 valence electrons. The second-order valence-electron chi connectivity index (χ2n) is 8.19. The van der Waals surface area contributed by atoms with Crippen molar-refractivity contribution in [1.82, 2.24) is 4.90 Å². The quantitative estimate of drug-likeness (QED) is 0.253. The van der Waals surface area contributed by atoms with Crippen LogP contribution in [0.15, 0.2) is 36.4 Å². The molecule has 2 amide bonds. The van der Waals surface area contributed by atoms with Gasteiger partial charge in [-0.1, -0.05) is 47.8 Å². The first kappa shape index (κ1) is 25.2. The van der Waals surface area contributed by atoms with E-state index in [0.29, 0.717) is 31.2 Å². The number of nitrogens with zero attached hydrogens (tertiary/aromatic N) is 2. The molecule has 0 atom stereocenters. The standard InChI is InChI=1S/C26H35BrN2O4/c1-4-5-6-16-33-25-18-22(10-11-23(25)31-2)29-15-7-14-28(26(29)30)19-21-9-8-20(12-13-27)17-24(21)32-3/h8-11,17-18H,4-7,12-16,19H2,1-3H3. The Kier molecular flexibility index (Phi) is 9.73. The first-order valence-corrected chi connectivity index (χ1v) is 12.8. The van der Waals surface area contributed by atoms with Gasteiger partial charge in [0.1, 0.15) is 5.75 Å². The SMILES string of the molecule is CCCCCOc1cc(N2CCCN(Cc3ccc(CCBr)cc3OC)C2=O)ccc1OC. The fraction of sp³-hybridized carbons (Fsp3) is 0.500. The summed E-state index contributed by atoms with van der Waals surface area (Å²) in [4.78, 5) is 17.1. The normalized spacial score (nSPS) is 13.9. The average Bonchev–Trinajstić information content (AvgIpc) is 2.84. The summed E-state index contributed by atoms with van der Waals surface area (Å²) in [6.07, 6.45) is 5.10. The summed E-state index contributed by atoms with van der Waals surface area (Å²) in [6.45, 7) is 4.72. The van der Waals surface area contributed by atoms with Crippen molar-refractivity contribution in [3.05, 3.63) is 47.5 Å². The van der Waals surface area contributed by atoms with Gasteiger partial charge in [-0.3, -0.25) is 4.90 Å². The average molecular weight is 519 g/mol. The van der Waals surface area contributed by atoms with Gasteiger partial charge in [0.25, 0.3) is 0 Å². The number of amides is 2. The molecule has 0 aromatic heterocycles. The number of methoxy groups -OCH3 is 2. The molecule has 1 aliphatic heterocycles. The molecule has 2 aromatic rings. The third-order valence-electron chi connectivity index (χ3n) is 5.87. The van der Waals surface area contributed by atoms with Gasteiger partial charge in [0, 0.05) is 35.7 Å². The number of anilines is 1. The van der Waals surface area contributed by atoms with E-state index in [1.807, 2.05) is 28.0 Å². The lowest BCUT2D eigenvalue weighted by molar-refractivity contribution is 0.191.